The Balaban J connectivity index is 2.26. The van der Waals surface area contributed by atoms with Crippen LogP contribution in [0.2, 0.25) is 0 Å². The van der Waals surface area contributed by atoms with E-state index in [1.165, 1.54) is 32.1 Å². The third-order valence-corrected chi connectivity index (χ3v) is 3.25. The van der Waals surface area contributed by atoms with Crippen molar-refractivity contribution in [3.63, 3.8) is 0 Å². The maximum Gasteiger partial charge on any atom is 0.239 e. The van der Waals surface area contributed by atoms with Gasteiger partial charge in [-0.05, 0) is 38.3 Å². The first-order chi connectivity index (χ1) is 9.99. The molecule has 0 aliphatic heterocycles. The Kier molecular flexibility index (Phi) is 7.95. The van der Waals surface area contributed by atoms with Gasteiger partial charge < -0.3 is 15.8 Å². The lowest BCUT2D eigenvalue weighted by atomic mass is 10.0. The lowest BCUT2D eigenvalue weighted by Gasteiger charge is -2.13. The van der Waals surface area contributed by atoms with Crippen molar-refractivity contribution in [1.29, 1.82) is 0 Å². The molecule has 1 aromatic heterocycles. The van der Waals surface area contributed by atoms with Crippen LogP contribution in [-0.2, 0) is 0 Å². The first kappa shape index (κ1) is 17.6. The molecule has 0 aliphatic carbocycles. The number of anilines is 2. The monoisotopic (exact) mass is 293 g/mol. The highest BCUT2D eigenvalue weighted by molar-refractivity contribution is 5.53. The molecular weight excluding hydrogens is 262 g/mol. The largest absolute Gasteiger partial charge is 0.473 e. The molecule has 0 saturated heterocycles. The first-order valence-electron chi connectivity index (χ1n) is 8.16. The zero-order valence-corrected chi connectivity index (χ0v) is 14.0. The minimum Gasteiger partial charge on any atom is -0.473 e. The number of unbranched alkanes of at least 4 members (excludes halogenated alkanes) is 3. The van der Waals surface area contributed by atoms with Crippen LogP contribution in [0.3, 0.4) is 0 Å². The van der Waals surface area contributed by atoms with Gasteiger partial charge in [0.15, 0.2) is 0 Å². The number of nitrogens with two attached hydrogens (primary N) is 1. The van der Waals surface area contributed by atoms with Gasteiger partial charge in [-0.3, -0.25) is 0 Å². The average molecular weight is 293 g/mol. The molecule has 1 aromatic rings. The van der Waals surface area contributed by atoms with Gasteiger partial charge in [-0.15, -0.1) is 0 Å². The van der Waals surface area contributed by atoms with E-state index in [-0.39, 0.29) is 6.10 Å². The van der Waals surface area contributed by atoms with Crippen molar-refractivity contribution in [2.75, 3.05) is 17.6 Å². The van der Waals surface area contributed by atoms with Crippen molar-refractivity contribution in [2.45, 2.75) is 65.9 Å². The molecule has 120 valence electrons. The second kappa shape index (κ2) is 9.48. The lowest BCUT2D eigenvalue weighted by molar-refractivity contribution is 0.234. The zero-order chi connectivity index (χ0) is 15.7. The number of nitrogens with one attached hydrogen (secondary N) is 1. The maximum absolute atomic E-state index is 5.86. The normalized spacial score (nSPS) is 11.1. The maximum atomic E-state index is 5.86. The number of hydrogen-bond acceptors (Lipinski definition) is 4. The van der Waals surface area contributed by atoms with Crippen molar-refractivity contribution in [3.8, 4) is 5.88 Å². The van der Waals surface area contributed by atoms with Crippen molar-refractivity contribution in [2.24, 2.45) is 5.92 Å². The number of aromatic nitrogens is 1. The predicted molar refractivity (Wildman–Crippen MR) is 90.8 cm³/mol. The van der Waals surface area contributed by atoms with Crippen LogP contribution >= 0.6 is 0 Å². The average Bonchev–Trinajstić information content (AvgIpc) is 2.40. The molecular formula is C17H31N3O. The van der Waals surface area contributed by atoms with Crippen molar-refractivity contribution >= 4 is 11.5 Å². The van der Waals surface area contributed by atoms with Gasteiger partial charge in [0.05, 0.1) is 11.8 Å². The van der Waals surface area contributed by atoms with Crippen LogP contribution in [0.15, 0.2) is 12.1 Å². The first-order valence-corrected chi connectivity index (χ1v) is 8.16. The lowest BCUT2D eigenvalue weighted by Crippen LogP contribution is -2.10. The minimum absolute atomic E-state index is 0.0796. The summed E-state index contributed by atoms with van der Waals surface area (Å²) in [5, 5.41) is 3.34. The molecule has 0 radical (unpaired) electrons. The number of ether oxygens (including phenoxy) is 1. The van der Waals surface area contributed by atoms with E-state index >= 15 is 0 Å². The molecule has 0 fully saturated rings. The second-order valence-corrected chi connectivity index (χ2v) is 6.28. The number of pyridine rings is 1. The Morgan fingerprint density at radius 1 is 1.10 bits per heavy atom. The Labute approximate surface area is 129 Å². The topological polar surface area (TPSA) is 60.2 Å². The Hall–Kier alpha value is -1.45. The number of hydrogen-bond donors (Lipinski definition) is 2. The molecule has 1 rings (SSSR count). The third kappa shape index (κ3) is 7.78. The smallest absolute Gasteiger partial charge is 0.239 e. The fraction of sp³-hybridized carbons (Fsp3) is 0.706. The van der Waals surface area contributed by atoms with Gasteiger partial charge in [-0.25, -0.2) is 0 Å². The number of nitrogens with zero attached hydrogens (tertiary/aromatic N) is 1. The Bertz CT molecular complexity index is 405. The summed E-state index contributed by atoms with van der Waals surface area (Å²) in [5.41, 5.74) is 6.44. The molecule has 0 spiro atoms. The highest BCUT2D eigenvalue weighted by atomic mass is 16.5. The molecule has 0 bridgehead atoms. The fourth-order valence-electron chi connectivity index (χ4n) is 2.11. The molecule has 21 heavy (non-hydrogen) atoms. The van der Waals surface area contributed by atoms with Gasteiger partial charge in [0.2, 0.25) is 5.88 Å². The van der Waals surface area contributed by atoms with Crippen LogP contribution in [0.1, 0.15) is 59.8 Å². The summed E-state index contributed by atoms with van der Waals surface area (Å²) in [5.74, 6) is 2.18. The molecule has 0 atom stereocenters. The van der Waals surface area contributed by atoms with E-state index in [9.17, 15) is 0 Å². The van der Waals surface area contributed by atoms with E-state index in [0.717, 1.165) is 18.3 Å². The van der Waals surface area contributed by atoms with E-state index < -0.39 is 0 Å². The van der Waals surface area contributed by atoms with Crippen LogP contribution in [-0.4, -0.2) is 17.6 Å². The molecule has 0 amide bonds. The summed E-state index contributed by atoms with van der Waals surface area (Å²) in [4.78, 5) is 4.41. The van der Waals surface area contributed by atoms with Gasteiger partial charge in [-0.1, -0.05) is 39.5 Å². The van der Waals surface area contributed by atoms with E-state index in [1.54, 1.807) is 0 Å². The molecule has 0 aliphatic rings. The minimum atomic E-state index is 0.0796. The summed E-state index contributed by atoms with van der Waals surface area (Å²) in [6.07, 6.45) is 6.51. The summed E-state index contributed by atoms with van der Waals surface area (Å²) >= 11 is 0. The SMILES string of the molecule is CC(C)CCCCCCNc1ccc(N)c(OC(C)C)n1. The summed E-state index contributed by atoms with van der Waals surface area (Å²) in [7, 11) is 0. The van der Waals surface area contributed by atoms with E-state index in [0.29, 0.717) is 11.6 Å². The van der Waals surface area contributed by atoms with Gasteiger partial charge in [-0.2, -0.15) is 4.98 Å². The molecule has 4 nitrogen and oxygen atoms in total. The van der Waals surface area contributed by atoms with Crippen LogP contribution in [0.5, 0.6) is 5.88 Å². The van der Waals surface area contributed by atoms with Crippen LogP contribution in [0.4, 0.5) is 11.5 Å². The van der Waals surface area contributed by atoms with Crippen LogP contribution < -0.4 is 15.8 Å². The number of nitrogen functional groups attached to an aromatic ring is 1. The Morgan fingerprint density at radius 3 is 2.48 bits per heavy atom. The van der Waals surface area contributed by atoms with Crippen molar-refractivity contribution in [1.82, 2.24) is 4.98 Å². The standard InChI is InChI=1S/C17H31N3O/c1-13(2)9-7-5-6-8-12-19-16-11-10-15(18)17(20-16)21-14(3)4/h10-11,13-14H,5-9,12,18H2,1-4H3,(H,19,20). The van der Waals surface area contributed by atoms with Crippen LogP contribution in [0.25, 0.3) is 0 Å². The van der Waals surface area contributed by atoms with Crippen LogP contribution in [0, 0.1) is 5.92 Å². The molecule has 4 heteroatoms. The van der Waals surface area contributed by atoms with E-state index in [2.05, 4.69) is 24.1 Å². The predicted octanol–water partition coefficient (Wildman–Crippen LogP) is 4.47. The molecule has 0 saturated carbocycles. The van der Waals surface area contributed by atoms with Gasteiger partial charge >= 0.3 is 0 Å². The molecule has 3 N–H and O–H groups in total. The number of rotatable bonds is 10. The fourth-order valence-corrected chi connectivity index (χ4v) is 2.11. The molecule has 0 unspecified atom stereocenters. The second-order valence-electron chi connectivity index (χ2n) is 6.28. The van der Waals surface area contributed by atoms with Crippen molar-refractivity contribution < 1.29 is 4.74 Å². The molecule has 0 aromatic carbocycles. The highest BCUT2D eigenvalue weighted by Crippen LogP contribution is 2.22. The van der Waals surface area contributed by atoms with Gasteiger partial charge in [0, 0.05) is 6.54 Å². The van der Waals surface area contributed by atoms with Crippen molar-refractivity contribution in [3.05, 3.63) is 12.1 Å². The summed E-state index contributed by atoms with van der Waals surface area (Å²) < 4.78 is 5.59. The third-order valence-electron chi connectivity index (χ3n) is 3.25. The quantitative estimate of drug-likeness (QED) is 0.625. The Morgan fingerprint density at radius 2 is 1.81 bits per heavy atom. The summed E-state index contributed by atoms with van der Waals surface area (Å²) in [6.45, 7) is 9.45. The van der Waals surface area contributed by atoms with Gasteiger partial charge in [0.1, 0.15) is 5.82 Å². The summed E-state index contributed by atoms with van der Waals surface area (Å²) in [6, 6.07) is 3.75. The zero-order valence-electron chi connectivity index (χ0n) is 14.0. The van der Waals surface area contributed by atoms with E-state index in [4.69, 9.17) is 10.5 Å². The molecule has 1 heterocycles. The highest BCUT2D eigenvalue weighted by Gasteiger charge is 2.06. The van der Waals surface area contributed by atoms with E-state index in [1.807, 2.05) is 26.0 Å². The van der Waals surface area contributed by atoms with Gasteiger partial charge in [0.25, 0.3) is 0 Å².